The summed E-state index contributed by atoms with van der Waals surface area (Å²) in [5, 5.41) is 3.48. The topological polar surface area (TPSA) is 30.5 Å². The first-order valence-corrected chi connectivity index (χ1v) is 7.31. The zero-order valence-electron chi connectivity index (χ0n) is 11.0. The van der Waals surface area contributed by atoms with Crippen molar-refractivity contribution in [1.82, 2.24) is 5.32 Å². The SMILES string of the molecule is CCC(C)NCc1cc(Br)c2c(c1)OCCCO2. The van der Waals surface area contributed by atoms with Crippen LogP contribution < -0.4 is 14.8 Å². The van der Waals surface area contributed by atoms with Gasteiger partial charge in [0.2, 0.25) is 0 Å². The third-order valence-corrected chi connectivity index (χ3v) is 3.72. The maximum atomic E-state index is 5.72. The van der Waals surface area contributed by atoms with Crippen LogP contribution in [0.2, 0.25) is 0 Å². The summed E-state index contributed by atoms with van der Waals surface area (Å²) in [5.41, 5.74) is 1.21. The third kappa shape index (κ3) is 3.39. The second kappa shape index (κ2) is 6.43. The van der Waals surface area contributed by atoms with E-state index in [1.807, 2.05) is 0 Å². The van der Waals surface area contributed by atoms with Crippen LogP contribution in [0.4, 0.5) is 0 Å². The Morgan fingerprint density at radius 2 is 2.11 bits per heavy atom. The molecule has 1 aromatic carbocycles. The Balaban J connectivity index is 2.13. The van der Waals surface area contributed by atoms with E-state index in [1.165, 1.54) is 5.56 Å². The molecular formula is C14H20BrNO2. The zero-order chi connectivity index (χ0) is 13.0. The number of fused-ring (bicyclic) bond motifs is 1. The van der Waals surface area contributed by atoms with E-state index in [-0.39, 0.29) is 0 Å². The Morgan fingerprint density at radius 3 is 2.89 bits per heavy atom. The van der Waals surface area contributed by atoms with E-state index >= 15 is 0 Å². The monoisotopic (exact) mass is 313 g/mol. The van der Waals surface area contributed by atoms with Gasteiger partial charge >= 0.3 is 0 Å². The number of halogens is 1. The molecule has 3 nitrogen and oxygen atoms in total. The van der Waals surface area contributed by atoms with Crippen LogP contribution in [-0.4, -0.2) is 19.3 Å². The molecule has 0 saturated carbocycles. The van der Waals surface area contributed by atoms with E-state index in [9.17, 15) is 0 Å². The Bertz CT molecular complexity index is 409. The summed E-state index contributed by atoms with van der Waals surface area (Å²) in [7, 11) is 0. The van der Waals surface area contributed by atoms with Gasteiger partial charge in [-0.2, -0.15) is 0 Å². The van der Waals surface area contributed by atoms with Gasteiger partial charge < -0.3 is 14.8 Å². The lowest BCUT2D eigenvalue weighted by molar-refractivity contribution is 0.296. The van der Waals surface area contributed by atoms with Gasteiger partial charge in [-0.3, -0.25) is 0 Å². The second-order valence-corrected chi connectivity index (χ2v) is 5.50. The first kappa shape index (κ1) is 13.7. The molecule has 18 heavy (non-hydrogen) atoms. The lowest BCUT2D eigenvalue weighted by Gasteiger charge is -2.14. The van der Waals surface area contributed by atoms with Gasteiger partial charge in [-0.15, -0.1) is 0 Å². The van der Waals surface area contributed by atoms with Gasteiger partial charge in [0.25, 0.3) is 0 Å². The molecule has 0 amide bonds. The maximum Gasteiger partial charge on any atom is 0.175 e. The van der Waals surface area contributed by atoms with Crippen LogP contribution >= 0.6 is 15.9 Å². The lowest BCUT2D eigenvalue weighted by atomic mass is 10.1. The van der Waals surface area contributed by atoms with Gasteiger partial charge in [0.1, 0.15) is 0 Å². The molecule has 0 saturated heterocycles. The predicted octanol–water partition coefficient (Wildman–Crippen LogP) is 3.50. The Morgan fingerprint density at radius 1 is 1.33 bits per heavy atom. The van der Waals surface area contributed by atoms with Crippen molar-refractivity contribution in [2.75, 3.05) is 13.2 Å². The van der Waals surface area contributed by atoms with Crippen molar-refractivity contribution in [3.8, 4) is 11.5 Å². The molecule has 1 aliphatic heterocycles. The number of ether oxygens (including phenoxy) is 2. The van der Waals surface area contributed by atoms with Crippen molar-refractivity contribution in [3.05, 3.63) is 22.2 Å². The first-order chi connectivity index (χ1) is 8.70. The molecule has 1 unspecified atom stereocenters. The van der Waals surface area contributed by atoms with E-state index < -0.39 is 0 Å². The summed E-state index contributed by atoms with van der Waals surface area (Å²) in [4.78, 5) is 0. The molecule has 0 radical (unpaired) electrons. The van der Waals surface area contributed by atoms with Gasteiger partial charge in [-0.05, 0) is 47.0 Å². The fraction of sp³-hybridized carbons (Fsp3) is 0.571. The summed E-state index contributed by atoms with van der Waals surface area (Å²) in [6, 6.07) is 4.70. The smallest absolute Gasteiger partial charge is 0.175 e. The molecule has 1 aliphatic rings. The number of hydrogen-bond donors (Lipinski definition) is 1. The zero-order valence-corrected chi connectivity index (χ0v) is 12.5. The van der Waals surface area contributed by atoms with Crippen LogP contribution in [-0.2, 0) is 6.54 Å². The molecule has 100 valence electrons. The van der Waals surface area contributed by atoms with Crippen LogP contribution in [0.25, 0.3) is 0 Å². The molecule has 0 spiro atoms. The minimum atomic E-state index is 0.528. The number of nitrogens with one attached hydrogen (secondary N) is 1. The van der Waals surface area contributed by atoms with E-state index in [0.29, 0.717) is 6.04 Å². The third-order valence-electron chi connectivity index (χ3n) is 3.13. The maximum absolute atomic E-state index is 5.72. The van der Waals surface area contributed by atoms with Crippen LogP contribution in [0, 0.1) is 0 Å². The fourth-order valence-electron chi connectivity index (χ4n) is 1.82. The normalized spacial score (nSPS) is 16.2. The van der Waals surface area contributed by atoms with Crippen molar-refractivity contribution >= 4 is 15.9 Å². The van der Waals surface area contributed by atoms with Crippen molar-refractivity contribution in [2.24, 2.45) is 0 Å². The van der Waals surface area contributed by atoms with Gasteiger partial charge in [0.15, 0.2) is 11.5 Å². The quantitative estimate of drug-likeness (QED) is 0.923. The number of benzene rings is 1. The molecule has 0 aliphatic carbocycles. The second-order valence-electron chi connectivity index (χ2n) is 4.65. The molecule has 1 heterocycles. The fourth-order valence-corrected chi connectivity index (χ4v) is 2.43. The molecule has 4 heteroatoms. The lowest BCUT2D eigenvalue weighted by Crippen LogP contribution is -2.24. The van der Waals surface area contributed by atoms with E-state index in [4.69, 9.17) is 9.47 Å². The summed E-state index contributed by atoms with van der Waals surface area (Å²) < 4.78 is 12.4. The van der Waals surface area contributed by atoms with Gasteiger partial charge in [0, 0.05) is 19.0 Å². The Hall–Kier alpha value is -0.740. The molecule has 0 bridgehead atoms. The largest absolute Gasteiger partial charge is 0.490 e. The summed E-state index contributed by atoms with van der Waals surface area (Å²) >= 11 is 3.56. The van der Waals surface area contributed by atoms with E-state index in [2.05, 4.69) is 47.2 Å². The number of hydrogen-bond acceptors (Lipinski definition) is 3. The van der Waals surface area contributed by atoms with Gasteiger partial charge in [-0.25, -0.2) is 0 Å². The Kier molecular flexibility index (Phi) is 4.89. The van der Waals surface area contributed by atoms with Crippen molar-refractivity contribution in [2.45, 2.75) is 39.3 Å². The van der Waals surface area contributed by atoms with Crippen LogP contribution in [0.1, 0.15) is 32.3 Å². The molecular weight excluding hydrogens is 294 g/mol. The van der Waals surface area contributed by atoms with Crippen LogP contribution in [0.5, 0.6) is 11.5 Å². The van der Waals surface area contributed by atoms with Crippen molar-refractivity contribution < 1.29 is 9.47 Å². The average Bonchev–Trinajstić information content (AvgIpc) is 2.61. The Labute approximate surface area is 117 Å². The highest BCUT2D eigenvalue weighted by molar-refractivity contribution is 9.10. The highest BCUT2D eigenvalue weighted by Crippen LogP contribution is 2.38. The summed E-state index contributed by atoms with van der Waals surface area (Å²) in [6.07, 6.45) is 2.06. The highest BCUT2D eigenvalue weighted by atomic mass is 79.9. The molecule has 1 aromatic rings. The van der Waals surface area contributed by atoms with E-state index in [0.717, 1.165) is 48.6 Å². The minimum absolute atomic E-state index is 0.528. The highest BCUT2D eigenvalue weighted by Gasteiger charge is 2.15. The molecule has 1 atom stereocenters. The average molecular weight is 314 g/mol. The summed E-state index contributed by atoms with van der Waals surface area (Å²) in [6.45, 7) is 6.67. The van der Waals surface area contributed by atoms with Crippen molar-refractivity contribution in [1.29, 1.82) is 0 Å². The molecule has 1 N–H and O–H groups in total. The standard InChI is InChI=1S/C14H20BrNO2/c1-3-10(2)16-9-11-7-12(15)14-13(8-11)17-5-4-6-18-14/h7-8,10,16H,3-6,9H2,1-2H3. The first-order valence-electron chi connectivity index (χ1n) is 6.52. The van der Waals surface area contributed by atoms with Crippen LogP contribution in [0.15, 0.2) is 16.6 Å². The number of rotatable bonds is 4. The van der Waals surface area contributed by atoms with Crippen molar-refractivity contribution in [3.63, 3.8) is 0 Å². The molecule has 0 aromatic heterocycles. The van der Waals surface area contributed by atoms with E-state index in [1.54, 1.807) is 0 Å². The molecule has 2 rings (SSSR count). The van der Waals surface area contributed by atoms with Gasteiger partial charge in [-0.1, -0.05) is 6.92 Å². The minimum Gasteiger partial charge on any atom is -0.490 e. The molecule has 0 fully saturated rings. The summed E-state index contributed by atoms with van der Waals surface area (Å²) in [5.74, 6) is 1.68. The van der Waals surface area contributed by atoms with Gasteiger partial charge in [0.05, 0.1) is 17.7 Å². The predicted molar refractivity (Wildman–Crippen MR) is 76.3 cm³/mol. The van der Waals surface area contributed by atoms with Crippen LogP contribution in [0.3, 0.4) is 0 Å².